The van der Waals surface area contributed by atoms with Crippen LogP contribution in [0.25, 0.3) is 32.7 Å². The molecule has 7 aromatic carbocycles. The number of nitrogens with zero attached hydrogens (tertiary/aromatic N) is 2. The Kier molecular flexibility index (Phi) is 5.89. The highest BCUT2D eigenvalue weighted by Gasteiger charge is 2.45. The van der Waals surface area contributed by atoms with Crippen molar-refractivity contribution in [3.8, 4) is 0 Å². The van der Waals surface area contributed by atoms with Gasteiger partial charge in [0, 0.05) is 31.9 Å². The van der Waals surface area contributed by atoms with E-state index in [1.54, 1.807) is 23.9 Å². The second kappa shape index (κ2) is 10.2. The molecular weight excluding hydrogens is 633 g/mol. The standard InChI is InChI=1S/C41H26N2O3S2/c44-48(45)40-16-8-5-13-35(40)43(30-20-22-37-32(25-30)31-11-3-6-14-36(31)46-37)41(48)28-18-21-34-39(24-28)47-38-15-7-4-12-33(38)42(34)29-19-17-26-9-1-2-10-27(26)23-29/h1-25,41H. The number of hydrogen-bond donors (Lipinski definition) is 0. The van der Waals surface area contributed by atoms with Crippen LogP contribution in [-0.4, -0.2) is 8.42 Å². The van der Waals surface area contributed by atoms with Crippen LogP contribution in [0.15, 0.2) is 171 Å². The van der Waals surface area contributed by atoms with Crippen LogP contribution in [0.3, 0.4) is 0 Å². The highest BCUT2D eigenvalue weighted by molar-refractivity contribution is 7.99. The molecule has 2 aliphatic heterocycles. The van der Waals surface area contributed by atoms with E-state index in [-0.39, 0.29) is 0 Å². The minimum Gasteiger partial charge on any atom is -0.456 e. The molecule has 0 radical (unpaired) electrons. The monoisotopic (exact) mass is 658 g/mol. The number of fused-ring (bicyclic) bond motifs is 7. The molecule has 0 bridgehead atoms. The number of para-hydroxylation sites is 3. The van der Waals surface area contributed by atoms with Crippen molar-refractivity contribution in [3.63, 3.8) is 0 Å². The highest BCUT2D eigenvalue weighted by atomic mass is 32.2. The normalized spacial score (nSPS) is 16.3. The quantitative estimate of drug-likeness (QED) is 0.188. The van der Waals surface area contributed by atoms with Gasteiger partial charge >= 0.3 is 0 Å². The van der Waals surface area contributed by atoms with E-state index in [0.717, 1.165) is 59.9 Å². The summed E-state index contributed by atoms with van der Waals surface area (Å²) in [5, 5.41) is 3.36. The van der Waals surface area contributed by atoms with Crippen LogP contribution in [0, 0.1) is 0 Å². The second-order valence-electron chi connectivity index (χ2n) is 12.2. The maximum Gasteiger partial charge on any atom is 0.206 e. The molecule has 7 heteroatoms. The highest BCUT2D eigenvalue weighted by Crippen LogP contribution is 2.55. The van der Waals surface area contributed by atoms with Crippen molar-refractivity contribution >= 4 is 82.7 Å². The fourth-order valence-electron chi connectivity index (χ4n) is 7.27. The van der Waals surface area contributed by atoms with Crippen LogP contribution >= 0.6 is 11.8 Å². The molecule has 230 valence electrons. The second-order valence-corrected chi connectivity index (χ2v) is 15.2. The number of anilines is 5. The predicted molar refractivity (Wildman–Crippen MR) is 195 cm³/mol. The van der Waals surface area contributed by atoms with Crippen LogP contribution in [0.2, 0.25) is 0 Å². The van der Waals surface area contributed by atoms with Gasteiger partial charge in [-0.25, -0.2) is 8.42 Å². The molecule has 0 fully saturated rings. The van der Waals surface area contributed by atoms with E-state index in [4.69, 9.17) is 4.42 Å². The summed E-state index contributed by atoms with van der Waals surface area (Å²) in [6.07, 6.45) is 0. The van der Waals surface area contributed by atoms with Crippen molar-refractivity contribution in [1.82, 2.24) is 0 Å². The average Bonchev–Trinajstić information content (AvgIpc) is 3.61. The maximum atomic E-state index is 14.5. The summed E-state index contributed by atoms with van der Waals surface area (Å²) in [6.45, 7) is 0. The number of furan rings is 1. The Hall–Kier alpha value is -5.50. The lowest BCUT2D eigenvalue weighted by Crippen LogP contribution is -2.24. The molecule has 3 heterocycles. The molecule has 0 aliphatic carbocycles. The molecule has 5 nitrogen and oxygen atoms in total. The van der Waals surface area contributed by atoms with Gasteiger partial charge in [-0.2, -0.15) is 0 Å². The molecule has 10 rings (SSSR count). The molecule has 8 aromatic rings. The topological polar surface area (TPSA) is 53.8 Å². The van der Waals surface area contributed by atoms with Crippen molar-refractivity contribution in [3.05, 3.63) is 157 Å². The van der Waals surface area contributed by atoms with Gasteiger partial charge in [0.1, 0.15) is 11.2 Å². The van der Waals surface area contributed by atoms with E-state index in [0.29, 0.717) is 16.1 Å². The van der Waals surface area contributed by atoms with E-state index in [1.807, 2.05) is 59.5 Å². The number of benzene rings is 7. The minimum atomic E-state index is -3.78. The fraction of sp³-hybridized carbons (Fsp3) is 0.0244. The first kappa shape index (κ1) is 27.6. The van der Waals surface area contributed by atoms with Gasteiger partial charge < -0.3 is 14.2 Å². The van der Waals surface area contributed by atoms with Gasteiger partial charge in [0.15, 0.2) is 5.37 Å². The van der Waals surface area contributed by atoms with E-state index < -0.39 is 15.2 Å². The predicted octanol–water partition coefficient (Wildman–Crippen LogP) is 11.3. The van der Waals surface area contributed by atoms with Crippen LogP contribution in [-0.2, 0) is 9.84 Å². The van der Waals surface area contributed by atoms with Gasteiger partial charge in [0.25, 0.3) is 0 Å². The summed E-state index contributed by atoms with van der Waals surface area (Å²) >= 11 is 1.68. The Morgan fingerprint density at radius 3 is 2.17 bits per heavy atom. The Balaban J connectivity index is 1.15. The van der Waals surface area contributed by atoms with Crippen LogP contribution in [0.4, 0.5) is 28.4 Å². The molecular formula is C41H26N2O3S2. The van der Waals surface area contributed by atoms with Gasteiger partial charge in [0.2, 0.25) is 9.84 Å². The summed E-state index contributed by atoms with van der Waals surface area (Å²) in [5.41, 5.74) is 6.92. The Bertz CT molecular complexity index is 2720. The number of hydrogen-bond acceptors (Lipinski definition) is 6. The van der Waals surface area contributed by atoms with Crippen LogP contribution < -0.4 is 9.80 Å². The van der Waals surface area contributed by atoms with Crippen molar-refractivity contribution in [2.75, 3.05) is 9.80 Å². The van der Waals surface area contributed by atoms with E-state index in [2.05, 4.69) is 89.8 Å². The molecule has 0 amide bonds. The molecule has 0 N–H and O–H groups in total. The molecule has 0 spiro atoms. The zero-order valence-electron chi connectivity index (χ0n) is 25.4. The van der Waals surface area contributed by atoms with Gasteiger partial charge in [-0.3, -0.25) is 0 Å². The third-order valence-electron chi connectivity index (χ3n) is 9.43. The first-order valence-corrected chi connectivity index (χ1v) is 18.1. The van der Waals surface area contributed by atoms with E-state index in [9.17, 15) is 8.42 Å². The van der Waals surface area contributed by atoms with E-state index >= 15 is 0 Å². The molecule has 0 saturated heterocycles. The van der Waals surface area contributed by atoms with Crippen LogP contribution in [0.5, 0.6) is 0 Å². The Morgan fingerprint density at radius 2 is 1.25 bits per heavy atom. The molecule has 1 unspecified atom stereocenters. The summed E-state index contributed by atoms with van der Waals surface area (Å²) in [5.74, 6) is 0. The van der Waals surface area contributed by atoms with Gasteiger partial charge in [-0.1, -0.05) is 90.6 Å². The zero-order valence-corrected chi connectivity index (χ0v) is 27.1. The number of rotatable bonds is 3. The zero-order chi connectivity index (χ0) is 32.0. The largest absolute Gasteiger partial charge is 0.456 e. The minimum absolute atomic E-state index is 0.334. The van der Waals surface area contributed by atoms with Crippen molar-refractivity contribution < 1.29 is 12.8 Å². The van der Waals surface area contributed by atoms with Crippen molar-refractivity contribution in [1.29, 1.82) is 0 Å². The van der Waals surface area contributed by atoms with Crippen molar-refractivity contribution in [2.24, 2.45) is 0 Å². The van der Waals surface area contributed by atoms with Gasteiger partial charge in [0.05, 0.1) is 22.0 Å². The maximum absolute atomic E-state index is 14.5. The molecule has 0 saturated carbocycles. The van der Waals surface area contributed by atoms with Gasteiger partial charge in [-0.15, -0.1) is 0 Å². The third kappa shape index (κ3) is 4.01. The lowest BCUT2D eigenvalue weighted by atomic mass is 10.1. The summed E-state index contributed by atoms with van der Waals surface area (Å²) in [7, 11) is -3.78. The van der Waals surface area contributed by atoms with E-state index in [1.165, 1.54) is 5.39 Å². The Labute approximate surface area is 281 Å². The SMILES string of the molecule is O=S1(=O)c2ccccc2N(c2ccc3oc4ccccc4c3c2)C1c1ccc2c(c1)Sc1ccccc1N2c1ccc2ccccc2c1. The molecule has 48 heavy (non-hydrogen) atoms. The molecule has 1 atom stereocenters. The molecule has 2 aliphatic rings. The fourth-order valence-corrected chi connectivity index (χ4v) is 10.4. The first-order chi connectivity index (χ1) is 23.5. The lowest BCUT2D eigenvalue weighted by molar-refractivity contribution is 0.589. The summed E-state index contributed by atoms with van der Waals surface area (Å²) in [4.78, 5) is 6.70. The van der Waals surface area contributed by atoms with Crippen LogP contribution in [0.1, 0.15) is 10.9 Å². The Morgan fingerprint density at radius 1 is 0.542 bits per heavy atom. The summed E-state index contributed by atoms with van der Waals surface area (Å²) < 4.78 is 35.1. The van der Waals surface area contributed by atoms with Crippen molar-refractivity contribution in [2.45, 2.75) is 20.1 Å². The molecule has 1 aromatic heterocycles. The first-order valence-electron chi connectivity index (χ1n) is 15.8. The van der Waals surface area contributed by atoms with Gasteiger partial charge in [-0.05, 0) is 89.1 Å². The number of sulfone groups is 1. The summed E-state index contributed by atoms with van der Waals surface area (Å²) in [6, 6.07) is 50.6. The smallest absolute Gasteiger partial charge is 0.206 e. The average molecular weight is 659 g/mol. The third-order valence-corrected chi connectivity index (χ3v) is 12.6. The lowest BCUT2D eigenvalue weighted by Gasteiger charge is -2.34.